The lowest BCUT2D eigenvalue weighted by molar-refractivity contribution is -0.115. The molecule has 7 nitrogen and oxygen atoms in total. The van der Waals surface area contributed by atoms with Gasteiger partial charge in [-0.25, -0.2) is 13.1 Å². The summed E-state index contributed by atoms with van der Waals surface area (Å²) in [6, 6.07) is 5.35. The second kappa shape index (κ2) is 6.66. The Hall–Kier alpha value is -1.61. The van der Waals surface area contributed by atoms with E-state index in [4.69, 9.17) is 27.7 Å². The third kappa shape index (κ3) is 4.20. The number of hydrogen-bond acceptors (Lipinski definition) is 5. The molecule has 0 radical (unpaired) electrons. The van der Waals surface area contributed by atoms with E-state index >= 15 is 0 Å². The maximum atomic E-state index is 12.0. The number of anilines is 1. The van der Waals surface area contributed by atoms with E-state index in [9.17, 15) is 13.2 Å². The number of nitrogens with one attached hydrogen (secondary N) is 2. The molecule has 0 bridgehead atoms. The molecular formula is C12H11Cl2N3O4S. The van der Waals surface area contributed by atoms with Gasteiger partial charge in [-0.3, -0.25) is 4.79 Å². The first-order chi connectivity index (χ1) is 10.3. The lowest BCUT2D eigenvalue weighted by Gasteiger charge is -2.07. The van der Waals surface area contributed by atoms with Crippen LogP contribution < -0.4 is 10.0 Å². The van der Waals surface area contributed by atoms with Crippen LogP contribution >= 0.6 is 23.2 Å². The number of amides is 1. The average Bonchev–Trinajstić information content (AvgIpc) is 2.85. The molecule has 2 rings (SSSR count). The van der Waals surface area contributed by atoms with E-state index in [2.05, 4.69) is 15.2 Å². The molecule has 0 spiro atoms. The van der Waals surface area contributed by atoms with E-state index in [1.807, 2.05) is 0 Å². The number of aromatic nitrogens is 1. The molecule has 1 heterocycles. The second-order valence-electron chi connectivity index (χ2n) is 4.27. The summed E-state index contributed by atoms with van der Waals surface area (Å²) in [5.41, 5.74) is 0. The van der Waals surface area contributed by atoms with E-state index in [0.29, 0.717) is 5.76 Å². The predicted molar refractivity (Wildman–Crippen MR) is 81.5 cm³/mol. The zero-order chi connectivity index (χ0) is 16.3. The molecule has 0 aliphatic rings. The Morgan fingerprint density at radius 1 is 1.27 bits per heavy atom. The number of rotatable bonds is 5. The number of sulfonamides is 1. The van der Waals surface area contributed by atoms with Crippen LogP contribution in [0.15, 0.2) is 33.7 Å². The number of carbonyl (C=O) groups excluding carboxylic acids is 1. The summed E-state index contributed by atoms with van der Waals surface area (Å²) < 4.78 is 31.0. The van der Waals surface area contributed by atoms with E-state index in [0.717, 1.165) is 0 Å². The molecule has 1 aromatic carbocycles. The van der Waals surface area contributed by atoms with Crippen LogP contribution in [-0.2, 0) is 14.8 Å². The van der Waals surface area contributed by atoms with Crippen molar-refractivity contribution in [1.29, 1.82) is 0 Å². The molecule has 1 aromatic heterocycles. The first-order valence-electron chi connectivity index (χ1n) is 5.96. The first kappa shape index (κ1) is 16.8. The average molecular weight is 364 g/mol. The van der Waals surface area contributed by atoms with Gasteiger partial charge in [-0.15, -0.1) is 0 Å². The van der Waals surface area contributed by atoms with Crippen LogP contribution in [-0.4, -0.2) is 26.0 Å². The van der Waals surface area contributed by atoms with Crippen molar-refractivity contribution in [2.45, 2.75) is 11.8 Å². The number of benzene rings is 1. The number of halogens is 2. The summed E-state index contributed by atoms with van der Waals surface area (Å²) in [5.74, 6) is 0.139. The van der Waals surface area contributed by atoms with Crippen LogP contribution in [0.2, 0.25) is 10.0 Å². The van der Waals surface area contributed by atoms with Gasteiger partial charge in [-0.2, -0.15) is 0 Å². The molecule has 0 saturated heterocycles. The van der Waals surface area contributed by atoms with Gasteiger partial charge >= 0.3 is 0 Å². The quantitative estimate of drug-likeness (QED) is 0.847. The van der Waals surface area contributed by atoms with Gasteiger partial charge < -0.3 is 9.84 Å². The molecule has 0 aliphatic heterocycles. The lowest BCUT2D eigenvalue weighted by atomic mass is 10.4. The zero-order valence-corrected chi connectivity index (χ0v) is 13.6. The first-order valence-corrected chi connectivity index (χ1v) is 8.20. The fourth-order valence-electron chi connectivity index (χ4n) is 1.50. The summed E-state index contributed by atoms with van der Waals surface area (Å²) in [6.07, 6.45) is 0. The Morgan fingerprint density at radius 2 is 2.00 bits per heavy atom. The summed E-state index contributed by atoms with van der Waals surface area (Å²) >= 11 is 11.5. The van der Waals surface area contributed by atoms with E-state index in [1.165, 1.54) is 24.3 Å². The molecule has 22 heavy (non-hydrogen) atoms. The minimum atomic E-state index is -3.88. The van der Waals surface area contributed by atoms with Crippen LogP contribution in [0.3, 0.4) is 0 Å². The van der Waals surface area contributed by atoms with Crippen molar-refractivity contribution in [3.63, 3.8) is 0 Å². The van der Waals surface area contributed by atoms with Gasteiger partial charge in [0.2, 0.25) is 15.9 Å². The Balaban J connectivity index is 2.00. The van der Waals surface area contributed by atoms with Gasteiger partial charge in [0, 0.05) is 6.07 Å². The Kier molecular flexibility index (Phi) is 5.07. The minimum absolute atomic E-state index is 0.0908. The van der Waals surface area contributed by atoms with Crippen LogP contribution in [0.25, 0.3) is 0 Å². The number of nitrogens with zero attached hydrogens (tertiary/aromatic N) is 1. The predicted octanol–water partition coefficient (Wildman–Crippen LogP) is 2.21. The van der Waals surface area contributed by atoms with E-state index in [1.54, 1.807) is 6.92 Å². The highest BCUT2D eigenvalue weighted by molar-refractivity contribution is 7.89. The molecule has 0 fully saturated rings. The summed E-state index contributed by atoms with van der Waals surface area (Å²) in [6.45, 7) is 1.20. The summed E-state index contributed by atoms with van der Waals surface area (Å²) in [7, 11) is -3.88. The van der Waals surface area contributed by atoms with Gasteiger partial charge in [0.05, 0.1) is 21.5 Å². The van der Waals surface area contributed by atoms with Crippen molar-refractivity contribution in [2.24, 2.45) is 0 Å². The fourth-order valence-corrected chi connectivity index (χ4v) is 2.87. The normalized spacial score (nSPS) is 11.4. The van der Waals surface area contributed by atoms with Gasteiger partial charge in [0.1, 0.15) is 5.76 Å². The minimum Gasteiger partial charge on any atom is -0.360 e. The summed E-state index contributed by atoms with van der Waals surface area (Å²) in [4.78, 5) is 11.6. The molecule has 0 atom stereocenters. The third-order valence-corrected chi connectivity index (χ3v) is 4.66. The third-order valence-electron chi connectivity index (χ3n) is 2.52. The Labute approximate surface area is 136 Å². The maximum absolute atomic E-state index is 12.0. The van der Waals surface area contributed by atoms with E-state index in [-0.39, 0.29) is 20.8 Å². The molecular weight excluding hydrogens is 353 g/mol. The molecule has 1 amide bonds. The number of carbonyl (C=O) groups is 1. The van der Waals surface area contributed by atoms with E-state index < -0.39 is 22.5 Å². The largest absolute Gasteiger partial charge is 0.360 e. The highest BCUT2D eigenvalue weighted by Crippen LogP contribution is 2.24. The molecule has 2 N–H and O–H groups in total. The standard InChI is InChI=1S/C12H11Cl2N3O4S/c1-7-4-11(17-21-7)16-12(18)6-15-22(19,20)8-2-3-9(13)10(14)5-8/h2-5,15H,6H2,1H3,(H,16,17,18). The van der Waals surface area contributed by atoms with Crippen LogP contribution in [0.4, 0.5) is 5.82 Å². The van der Waals surface area contributed by atoms with Crippen molar-refractivity contribution in [2.75, 3.05) is 11.9 Å². The summed E-state index contributed by atoms with van der Waals surface area (Å²) in [5, 5.41) is 6.29. The molecule has 2 aromatic rings. The van der Waals surface area contributed by atoms with Crippen molar-refractivity contribution < 1.29 is 17.7 Å². The zero-order valence-electron chi connectivity index (χ0n) is 11.3. The second-order valence-corrected chi connectivity index (χ2v) is 6.85. The monoisotopic (exact) mass is 363 g/mol. The highest BCUT2D eigenvalue weighted by atomic mass is 35.5. The SMILES string of the molecule is Cc1cc(NC(=O)CNS(=O)(=O)c2ccc(Cl)c(Cl)c2)no1. The Bertz CT molecular complexity index is 804. The maximum Gasteiger partial charge on any atom is 0.241 e. The van der Waals surface area contributed by atoms with Crippen LogP contribution in [0.5, 0.6) is 0 Å². The lowest BCUT2D eigenvalue weighted by Crippen LogP contribution is -2.33. The molecule has 0 saturated carbocycles. The van der Waals surface area contributed by atoms with Gasteiger partial charge in [0.15, 0.2) is 5.82 Å². The van der Waals surface area contributed by atoms with Crippen molar-refractivity contribution in [1.82, 2.24) is 9.88 Å². The van der Waals surface area contributed by atoms with Crippen molar-refractivity contribution in [3.05, 3.63) is 40.1 Å². The smallest absolute Gasteiger partial charge is 0.241 e. The van der Waals surface area contributed by atoms with Gasteiger partial charge in [-0.1, -0.05) is 28.4 Å². The topological polar surface area (TPSA) is 101 Å². The molecule has 0 unspecified atom stereocenters. The molecule has 0 aliphatic carbocycles. The fraction of sp³-hybridized carbons (Fsp3) is 0.167. The number of hydrogen-bond donors (Lipinski definition) is 2. The molecule has 118 valence electrons. The van der Waals surface area contributed by atoms with Crippen molar-refractivity contribution >= 4 is 45.0 Å². The molecule has 10 heteroatoms. The van der Waals surface area contributed by atoms with Crippen LogP contribution in [0, 0.1) is 6.92 Å². The van der Waals surface area contributed by atoms with Crippen LogP contribution in [0.1, 0.15) is 5.76 Å². The highest BCUT2D eigenvalue weighted by Gasteiger charge is 2.17. The van der Waals surface area contributed by atoms with Gasteiger partial charge in [-0.05, 0) is 25.1 Å². The van der Waals surface area contributed by atoms with Crippen molar-refractivity contribution in [3.8, 4) is 0 Å². The van der Waals surface area contributed by atoms with Gasteiger partial charge in [0.25, 0.3) is 0 Å². The Morgan fingerprint density at radius 3 is 2.59 bits per heavy atom. The number of aryl methyl sites for hydroxylation is 1.